The molecule has 3 nitrogen and oxygen atoms in total. The molecule has 0 radical (unpaired) electrons. The number of benzene rings is 1. The van der Waals surface area contributed by atoms with Crippen LogP contribution in [-0.4, -0.2) is 16.6 Å². The van der Waals surface area contributed by atoms with Gasteiger partial charge in [0.15, 0.2) is 0 Å². The Hall–Kier alpha value is -1.58. The molecule has 0 heterocycles. The van der Waals surface area contributed by atoms with Gasteiger partial charge in [-0.2, -0.15) is 0 Å². The molecule has 0 atom stereocenters. The van der Waals surface area contributed by atoms with E-state index < -0.39 is 17.3 Å². The van der Waals surface area contributed by atoms with Crippen LogP contribution in [0.4, 0.5) is 10.1 Å². The second-order valence-electron chi connectivity index (χ2n) is 3.53. The Kier molecular flexibility index (Phi) is 2.74. The molecule has 2 N–H and O–H groups in total. The number of para-hydroxylation sites is 1. The fourth-order valence-electron chi connectivity index (χ4n) is 0.953. The molecule has 0 saturated carbocycles. The normalized spacial score (nSPS) is 11.1. The smallest absolute Gasteiger partial charge is 0.328 e. The maximum Gasteiger partial charge on any atom is 0.328 e. The number of carboxylic acid groups (broad SMARTS) is 1. The Balaban J connectivity index is 2.89. The van der Waals surface area contributed by atoms with Crippen molar-refractivity contribution in [3.63, 3.8) is 0 Å². The maximum absolute atomic E-state index is 13.1. The van der Waals surface area contributed by atoms with Crippen molar-refractivity contribution < 1.29 is 14.3 Å². The highest BCUT2D eigenvalue weighted by atomic mass is 19.1. The highest BCUT2D eigenvalue weighted by Gasteiger charge is 2.27. The molecule has 1 rings (SSSR count). The van der Waals surface area contributed by atoms with Crippen LogP contribution in [0.25, 0.3) is 0 Å². The standard InChI is InChI=1S/C10H12FNO2/c1-10(2,9(13)14)12-8-6-4-3-5-7(8)11/h3-6,12H,1-2H3,(H,13,14). The Morgan fingerprint density at radius 3 is 2.50 bits per heavy atom. The van der Waals surface area contributed by atoms with Crippen LogP contribution in [0, 0.1) is 5.82 Å². The number of hydrogen-bond donors (Lipinski definition) is 2. The first-order valence-corrected chi connectivity index (χ1v) is 4.19. The molecule has 0 unspecified atom stereocenters. The minimum Gasteiger partial charge on any atom is -0.480 e. The molecule has 1 aromatic rings. The summed E-state index contributed by atoms with van der Waals surface area (Å²) in [5.41, 5.74) is -0.984. The first-order valence-electron chi connectivity index (χ1n) is 4.19. The molecule has 0 saturated heterocycles. The molecule has 0 aliphatic heterocycles. The van der Waals surface area contributed by atoms with Gasteiger partial charge in [-0.25, -0.2) is 9.18 Å². The monoisotopic (exact) mass is 197 g/mol. The summed E-state index contributed by atoms with van der Waals surface area (Å²) in [7, 11) is 0. The Labute approximate surface area is 81.6 Å². The van der Waals surface area contributed by atoms with Gasteiger partial charge in [0.2, 0.25) is 0 Å². The van der Waals surface area contributed by atoms with Crippen molar-refractivity contribution in [3.8, 4) is 0 Å². The minimum atomic E-state index is -1.18. The molecule has 14 heavy (non-hydrogen) atoms. The van der Waals surface area contributed by atoms with Crippen molar-refractivity contribution in [2.45, 2.75) is 19.4 Å². The Bertz CT molecular complexity index is 350. The zero-order valence-electron chi connectivity index (χ0n) is 8.04. The number of hydrogen-bond acceptors (Lipinski definition) is 2. The van der Waals surface area contributed by atoms with E-state index >= 15 is 0 Å². The molecule has 0 aliphatic rings. The van der Waals surface area contributed by atoms with Crippen LogP contribution >= 0.6 is 0 Å². The van der Waals surface area contributed by atoms with E-state index in [1.165, 1.54) is 26.0 Å². The van der Waals surface area contributed by atoms with Crippen LogP contribution in [0.2, 0.25) is 0 Å². The van der Waals surface area contributed by atoms with Gasteiger partial charge >= 0.3 is 5.97 Å². The molecule has 76 valence electrons. The Morgan fingerprint density at radius 2 is 2.00 bits per heavy atom. The van der Waals surface area contributed by atoms with E-state index in [2.05, 4.69) is 5.32 Å². The van der Waals surface area contributed by atoms with Crippen LogP contribution in [-0.2, 0) is 4.79 Å². The lowest BCUT2D eigenvalue weighted by Crippen LogP contribution is -2.40. The summed E-state index contributed by atoms with van der Waals surface area (Å²) in [5, 5.41) is 11.4. The summed E-state index contributed by atoms with van der Waals surface area (Å²) in [6.45, 7) is 2.95. The number of rotatable bonds is 3. The van der Waals surface area contributed by atoms with Gasteiger partial charge in [0.25, 0.3) is 0 Å². The maximum atomic E-state index is 13.1. The number of carboxylic acids is 1. The quantitative estimate of drug-likeness (QED) is 0.780. The second kappa shape index (κ2) is 3.65. The van der Waals surface area contributed by atoms with Crippen molar-refractivity contribution in [2.24, 2.45) is 0 Å². The third kappa shape index (κ3) is 2.22. The molecule has 0 bridgehead atoms. The van der Waals surface area contributed by atoms with Crippen molar-refractivity contribution in [2.75, 3.05) is 5.32 Å². The van der Waals surface area contributed by atoms with Gasteiger partial charge in [0.05, 0.1) is 5.69 Å². The highest BCUT2D eigenvalue weighted by molar-refractivity contribution is 5.81. The number of carbonyl (C=O) groups is 1. The molecule has 1 aromatic carbocycles. The summed E-state index contributed by atoms with van der Waals surface area (Å²) in [4.78, 5) is 10.8. The lowest BCUT2D eigenvalue weighted by atomic mass is 10.1. The lowest BCUT2D eigenvalue weighted by molar-refractivity contribution is -0.141. The van der Waals surface area contributed by atoms with Crippen LogP contribution in [0.15, 0.2) is 24.3 Å². The molecule has 0 aliphatic carbocycles. The van der Waals surface area contributed by atoms with E-state index in [1.54, 1.807) is 12.1 Å². The van der Waals surface area contributed by atoms with Crippen molar-refractivity contribution in [1.29, 1.82) is 0 Å². The van der Waals surface area contributed by atoms with E-state index in [4.69, 9.17) is 5.11 Å². The predicted octanol–water partition coefficient (Wildman–Crippen LogP) is 2.10. The zero-order valence-corrected chi connectivity index (χ0v) is 8.04. The topological polar surface area (TPSA) is 49.3 Å². The highest BCUT2D eigenvalue weighted by Crippen LogP contribution is 2.18. The molecular formula is C10H12FNO2. The fraction of sp³-hybridized carbons (Fsp3) is 0.300. The van der Waals surface area contributed by atoms with E-state index in [0.29, 0.717) is 0 Å². The van der Waals surface area contributed by atoms with Gasteiger partial charge in [-0.1, -0.05) is 12.1 Å². The van der Waals surface area contributed by atoms with Gasteiger partial charge in [-0.3, -0.25) is 0 Å². The van der Waals surface area contributed by atoms with Crippen molar-refractivity contribution in [1.82, 2.24) is 0 Å². The Morgan fingerprint density at radius 1 is 1.43 bits per heavy atom. The summed E-state index contributed by atoms with van der Waals surface area (Å²) in [6.07, 6.45) is 0. The van der Waals surface area contributed by atoms with Gasteiger partial charge < -0.3 is 10.4 Å². The molecule has 0 aromatic heterocycles. The van der Waals surface area contributed by atoms with Crippen LogP contribution in [0.5, 0.6) is 0 Å². The van der Waals surface area contributed by atoms with Crippen LogP contribution in [0.1, 0.15) is 13.8 Å². The molecule has 4 heteroatoms. The SMILES string of the molecule is CC(C)(Nc1ccccc1F)C(=O)O. The first-order chi connectivity index (χ1) is 6.43. The number of anilines is 1. The van der Waals surface area contributed by atoms with Gasteiger partial charge in [-0.05, 0) is 26.0 Å². The average Bonchev–Trinajstić information content (AvgIpc) is 2.08. The van der Waals surface area contributed by atoms with Gasteiger partial charge in [0, 0.05) is 0 Å². The van der Waals surface area contributed by atoms with Crippen molar-refractivity contribution in [3.05, 3.63) is 30.1 Å². The number of halogens is 1. The molecular weight excluding hydrogens is 185 g/mol. The molecule has 0 spiro atoms. The van der Waals surface area contributed by atoms with Crippen molar-refractivity contribution >= 4 is 11.7 Å². The van der Waals surface area contributed by atoms with Gasteiger partial charge in [-0.15, -0.1) is 0 Å². The fourth-order valence-corrected chi connectivity index (χ4v) is 0.953. The minimum absolute atomic E-state index is 0.194. The summed E-state index contributed by atoms with van der Waals surface area (Å²) >= 11 is 0. The van der Waals surface area contributed by atoms with Crippen LogP contribution < -0.4 is 5.32 Å². The summed E-state index contributed by atoms with van der Waals surface area (Å²) < 4.78 is 13.1. The van der Waals surface area contributed by atoms with E-state index in [0.717, 1.165) is 0 Å². The van der Waals surface area contributed by atoms with Crippen LogP contribution in [0.3, 0.4) is 0 Å². The zero-order chi connectivity index (χ0) is 10.8. The molecule has 0 amide bonds. The second-order valence-corrected chi connectivity index (χ2v) is 3.53. The average molecular weight is 197 g/mol. The number of nitrogens with one attached hydrogen (secondary N) is 1. The third-order valence-corrected chi connectivity index (χ3v) is 1.86. The lowest BCUT2D eigenvalue weighted by Gasteiger charge is -2.22. The van der Waals surface area contributed by atoms with E-state index in [9.17, 15) is 9.18 Å². The third-order valence-electron chi connectivity index (χ3n) is 1.86. The predicted molar refractivity (Wildman–Crippen MR) is 51.7 cm³/mol. The van der Waals surface area contributed by atoms with Gasteiger partial charge in [0.1, 0.15) is 11.4 Å². The largest absolute Gasteiger partial charge is 0.480 e. The first kappa shape index (κ1) is 10.5. The number of aliphatic carboxylic acids is 1. The summed E-state index contributed by atoms with van der Waals surface area (Å²) in [5.74, 6) is -1.48. The summed E-state index contributed by atoms with van der Waals surface area (Å²) in [6, 6.07) is 5.97. The van der Waals surface area contributed by atoms with E-state index in [-0.39, 0.29) is 5.69 Å². The van der Waals surface area contributed by atoms with E-state index in [1.807, 2.05) is 0 Å². The molecule has 0 fully saturated rings.